The van der Waals surface area contributed by atoms with Gasteiger partial charge in [0, 0.05) is 49.9 Å². The molecule has 3 aromatic rings. The van der Waals surface area contributed by atoms with Crippen molar-refractivity contribution in [2.75, 3.05) is 27.2 Å². The van der Waals surface area contributed by atoms with Crippen molar-refractivity contribution in [3.05, 3.63) is 72.3 Å². The molecule has 3 aromatic heterocycles. The molecular formula is C21H24N4O. The number of nitrogens with zero attached hydrogens (tertiary/aromatic N) is 4. The Hall–Kier alpha value is -2.66. The number of fused-ring (bicyclic) bond motifs is 1. The van der Waals surface area contributed by atoms with Crippen LogP contribution in [0.3, 0.4) is 0 Å². The van der Waals surface area contributed by atoms with Crippen LogP contribution in [0.25, 0.3) is 5.52 Å². The van der Waals surface area contributed by atoms with Gasteiger partial charge in [0.1, 0.15) is 0 Å². The minimum atomic E-state index is 0.0770. The van der Waals surface area contributed by atoms with Crippen LogP contribution in [0.15, 0.2) is 61.2 Å². The number of pyridine rings is 2. The smallest absolute Gasteiger partial charge is 0.255 e. The highest BCUT2D eigenvalue weighted by Gasteiger charge is 2.34. The van der Waals surface area contributed by atoms with Crippen molar-refractivity contribution in [1.82, 2.24) is 19.2 Å². The molecule has 0 aliphatic carbocycles. The Morgan fingerprint density at radius 2 is 2.19 bits per heavy atom. The molecule has 0 unspecified atom stereocenters. The molecule has 4 rings (SSSR count). The Morgan fingerprint density at radius 1 is 1.31 bits per heavy atom. The maximum atomic E-state index is 12.9. The lowest BCUT2D eigenvalue weighted by atomic mass is 9.94. The van der Waals surface area contributed by atoms with Crippen LogP contribution in [0.5, 0.6) is 0 Å². The molecule has 0 spiro atoms. The van der Waals surface area contributed by atoms with E-state index in [2.05, 4.69) is 23.0 Å². The van der Waals surface area contributed by atoms with Crippen LogP contribution < -0.4 is 0 Å². The van der Waals surface area contributed by atoms with Gasteiger partial charge >= 0.3 is 0 Å². The molecule has 2 atom stereocenters. The third kappa shape index (κ3) is 3.10. The number of hydrogen-bond donors (Lipinski definition) is 0. The van der Waals surface area contributed by atoms with Gasteiger partial charge in [-0.15, -0.1) is 0 Å². The summed E-state index contributed by atoms with van der Waals surface area (Å²) in [5, 5.41) is 0. The number of carbonyl (C=O) groups is 1. The van der Waals surface area contributed by atoms with Gasteiger partial charge in [-0.3, -0.25) is 14.7 Å². The monoisotopic (exact) mass is 348 g/mol. The minimum absolute atomic E-state index is 0.0770. The maximum absolute atomic E-state index is 12.9. The van der Waals surface area contributed by atoms with Gasteiger partial charge in [0.2, 0.25) is 0 Å². The summed E-state index contributed by atoms with van der Waals surface area (Å²) in [5.74, 6) is 0.489. The summed E-state index contributed by atoms with van der Waals surface area (Å²) >= 11 is 0. The topological polar surface area (TPSA) is 40.8 Å². The summed E-state index contributed by atoms with van der Waals surface area (Å²) < 4.78 is 1.99. The highest BCUT2D eigenvalue weighted by Crippen LogP contribution is 2.36. The number of rotatable bonds is 4. The Morgan fingerprint density at radius 3 is 2.96 bits per heavy atom. The lowest BCUT2D eigenvalue weighted by Crippen LogP contribution is -2.34. The average Bonchev–Trinajstić information content (AvgIpc) is 3.25. The van der Waals surface area contributed by atoms with E-state index in [9.17, 15) is 4.79 Å². The zero-order chi connectivity index (χ0) is 18.1. The summed E-state index contributed by atoms with van der Waals surface area (Å²) in [7, 11) is 4.06. The highest BCUT2D eigenvalue weighted by molar-refractivity contribution is 5.95. The molecule has 1 saturated heterocycles. The van der Waals surface area contributed by atoms with Crippen LogP contribution in [-0.2, 0) is 0 Å². The summed E-state index contributed by atoms with van der Waals surface area (Å²) in [4.78, 5) is 21.4. The lowest BCUT2D eigenvalue weighted by Gasteiger charge is -2.28. The molecule has 0 N–H and O–H groups in total. The van der Waals surface area contributed by atoms with Crippen molar-refractivity contribution in [2.24, 2.45) is 5.92 Å². The van der Waals surface area contributed by atoms with Crippen LogP contribution in [-0.4, -0.2) is 52.3 Å². The molecule has 0 bridgehead atoms. The largest absolute Gasteiger partial charge is 0.341 e. The van der Waals surface area contributed by atoms with Gasteiger partial charge < -0.3 is 9.30 Å². The Kier molecular flexibility index (Phi) is 4.47. The normalized spacial score (nSPS) is 20.5. The Labute approximate surface area is 153 Å². The fraction of sp³-hybridized carbons (Fsp3) is 0.333. The fourth-order valence-corrected chi connectivity index (χ4v) is 4.12. The number of likely N-dealkylation sites (tertiary alicyclic amines) is 1. The van der Waals surface area contributed by atoms with Gasteiger partial charge in [-0.1, -0.05) is 12.1 Å². The van der Waals surface area contributed by atoms with Crippen molar-refractivity contribution in [3.8, 4) is 0 Å². The Bertz CT molecular complexity index is 872. The van der Waals surface area contributed by atoms with E-state index in [0.29, 0.717) is 12.0 Å². The second-order valence-corrected chi connectivity index (χ2v) is 7.21. The maximum Gasteiger partial charge on any atom is 0.255 e. The van der Waals surface area contributed by atoms with Crippen LogP contribution in [0.1, 0.15) is 28.4 Å². The highest BCUT2D eigenvalue weighted by atomic mass is 16.2. The van der Waals surface area contributed by atoms with Gasteiger partial charge in [-0.2, -0.15) is 0 Å². The first-order valence-corrected chi connectivity index (χ1v) is 9.06. The summed E-state index contributed by atoms with van der Waals surface area (Å²) in [6.45, 7) is 1.79. The van der Waals surface area contributed by atoms with Gasteiger partial charge in [-0.25, -0.2) is 0 Å². The van der Waals surface area contributed by atoms with E-state index >= 15 is 0 Å². The van der Waals surface area contributed by atoms with E-state index in [-0.39, 0.29) is 5.91 Å². The van der Waals surface area contributed by atoms with Crippen molar-refractivity contribution in [3.63, 3.8) is 0 Å². The molecule has 1 aliphatic rings. The van der Waals surface area contributed by atoms with Crippen LogP contribution >= 0.6 is 0 Å². The molecule has 0 aromatic carbocycles. The second kappa shape index (κ2) is 6.92. The fourth-order valence-electron chi connectivity index (χ4n) is 4.12. The molecule has 4 heterocycles. The predicted molar refractivity (Wildman–Crippen MR) is 102 cm³/mol. The molecule has 5 heteroatoms. The van der Waals surface area contributed by atoms with E-state index in [4.69, 9.17) is 0 Å². The van der Waals surface area contributed by atoms with E-state index in [0.717, 1.165) is 30.6 Å². The molecule has 0 radical (unpaired) electrons. The summed E-state index contributed by atoms with van der Waals surface area (Å²) in [6, 6.07) is 12.4. The Balaban J connectivity index is 1.51. The number of hydrogen-bond acceptors (Lipinski definition) is 3. The lowest BCUT2D eigenvalue weighted by molar-refractivity contribution is 0.0761. The van der Waals surface area contributed by atoms with E-state index in [1.54, 1.807) is 6.20 Å². The van der Waals surface area contributed by atoms with Crippen molar-refractivity contribution in [2.45, 2.75) is 12.5 Å². The molecular weight excluding hydrogens is 324 g/mol. The first-order chi connectivity index (χ1) is 12.6. The van der Waals surface area contributed by atoms with Gasteiger partial charge in [0.25, 0.3) is 5.91 Å². The number of carbonyl (C=O) groups excluding carboxylic acids is 1. The SMILES string of the molecule is CN(C[C@@H]1CCN(C)[C@H]1c1cccnc1)C(=O)c1cc2ccccn2c1. The predicted octanol–water partition coefficient (Wildman–Crippen LogP) is 3.10. The molecule has 5 nitrogen and oxygen atoms in total. The molecule has 1 fully saturated rings. The van der Waals surface area contributed by atoms with Crippen molar-refractivity contribution >= 4 is 11.4 Å². The van der Waals surface area contributed by atoms with Gasteiger partial charge in [-0.05, 0) is 55.8 Å². The van der Waals surface area contributed by atoms with E-state index < -0.39 is 0 Å². The van der Waals surface area contributed by atoms with E-state index in [1.165, 1.54) is 5.56 Å². The molecule has 26 heavy (non-hydrogen) atoms. The number of amides is 1. The second-order valence-electron chi connectivity index (χ2n) is 7.21. The molecule has 0 saturated carbocycles. The van der Waals surface area contributed by atoms with Crippen molar-refractivity contribution < 1.29 is 4.79 Å². The summed E-state index contributed by atoms with van der Waals surface area (Å²) in [5.41, 5.74) is 3.01. The van der Waals surface area contributed by atoms with Gasteiger partial charge in [0.05, 0.1) is 5.56 Å². The third-order valence-corrected chi connectivity index (χ3v) is 5.41. The number of aromatic nitrogens is 2. The first-order valence-electron chi connectivity index (χ1n) is 9.06. The van der Waals surface area contributed by atoms with Crippen molar-refractivity contribution in [1.29, 1.82) is 0 Å². The van der Waals surface area contributed by atoms with E-state index in [1.807, 2.05) is 65.3 Å². The zero-order valence-corrected chi connectivity index (χ0v) is 15.2. The molecule has 1 aliphatic heterocycles. The summed E-state index contributed by atoms with van der Waals surface area (Å²) in [6.07, 6.45) is 8.72. The molecule has 1 amide bonds. The van der Waals surface area contributed by atoms with Crippen LogP contribution in [0.2, 0.25) is 0 Å². The third-order valence-electron chi connectivity index (χ3n) is 5.41. The average molecular weight is 348 g/mol. The zero-order valence-electron chi connectivity index (χ0n) is 15.2. The minimum Gasteiger partial charge on any atom is -0.341 e. The van der Waals surface area contributed by atoms with Gasteiger partial charge in [0.15, 0.2) is 0 Å². The standard InChI is InChI=1S/C21H24N4O/c1-23-11-8-17(20(23)16-6-5-9-22-13-16)14-24(2)21(26)18-12-19-7-3-4-10-25(19)15-18/h3-7,9-10,12-13,15,17,20H,8,11,14H2,1-2H3/t17-,20-/m0/s1. The van der Waals surface area contributed by atoms with Crippen LogP contribution in [0.4, 0.5) is 0 Å². The first kappa shape index (κ1) is 16.8. The quantitative estimate of drug-likeness (QED) is 0.727. The molecule has 134 valence electrons. The van der Waals surface area contributed by atoms with Crippen LogP contribution in [0, 0.1) is 5.92 Å².